The van der Waals surface area contributed by atoms with Gasteiger partial charge in [0.05, 0.1) is 42.9 Å². The number of para-hydroxylation sites is 1. The van der Waals surface area contributed by atoms with Crippen molar-refractivity contribution >= 4 is 180 Å². The Labute approximate surface area is 770 Å². The van der Waals surface area contributed by atoms with Crippen LogP contribution in [0.5, 0.6) is 5.75 Å². The number of nitrogens with one attached hydrogen (secondary N) is 4. The molecule has 4 saturated heterocycles. The van der Waals surface area contributed by atoms with E-state index >= 15 is 0 Å². The third kappa shape index (κ3) is 20.8. The van der Waals surface area contributed by atoms with Crippen LogP contribution in [0.3, 0.4) is 0 Å². The van der Waals surface area contributed by atoms with Crippen molar-refractivity contribution in [2.24, 2.45) is 5.92 Å². The maximum atomic E-state index is 13.7. The highest BCUT2D eigenvalue weighted by Crippen LogP contribution is 2.39. The average molecular weight is 1920 g/mol. The van der Waals surface area contributed by atoms with Gasteiger partial charge in [-0.05, 0) is 153 Å². The highest BCUT2D eigenvalue weighted by atomic mass is 79.9. The summed E-state index contributed by atoms with van der Waals surface area (Å²) in [6.45, 7) is 22.6. The molecule has 0 unspecified atom stereocenters. The molecule has 33 heteroatoms. The number of fused-ring (bicyclic) bond motifs is 7. The van der Waals surface area contributed by atoms with E-state index in [1.54, 1.807) is 55.8 Å². The minimum atomic E-state index is -0.249. The fourth-order valence-electron chi connectivity index (χ4n) is 16.7. The van der Waals surface area contributed by atoms with Gasteiger partial charge in [0.2, 0.25) is 41.4 Å². The number of ether oxygens (including phenoxy) is 1. The van der Waals surface area contributed by atoms with Gasteiger partial charge in [-0.25, -0.2) is 9.97 Å². The first kappa shape index (κ1) is 91.6. The van der Waals surface area contributed by atoms with E-state index < -0.39 is 0 Å². The summed E-state index contributed by atoms with van der Waals surface area (Å²) >= 11 is 25.6. The quantitative estimate of drug-likeness (QED) is 0.0305. The molecule has 4 N–H and O–H groups in total. The molecular weight excluding hydrogens is 1820 g/mol. The molecule has 0 spiro atoms. The lowest BCUT2D eigenvalue weighted by Gasteiger charge is -2.38. The van der Waals surface area contributed by atoms with Gasteiger partial charge >= 0.3 is 0 Å². The van der Waals surface area contributed by atoms with Crippen molar-refractivity contribution in [1.82, 2.24) is 83.9 Å². The van der Waals surface area contributed by atoms with Crippen molar-refractivity contribution in [3.8, 4) is 17.0 Å². The number of likely N-dealkylation sites (tertiary alicyclic amines) is 4. The van der Waals surface area contributed by atoms with Crippen molar-refractivity contribution in [2.45, 2.75) is 83.7 Å². The van der Waals surface area contributed by atoms with Crippen molar-refractivity contribution in [3.05, 3.63) is 272 Å². The Balaban J connectivity index is 0.000000139. The molecular formula is C95H94Br2Cl3N17O11. The highest BCUT2D eigenvalue weighted by molar-refractivity contribution is 9.10. The van der Waals surface area contributed by atoms with Crippen LogP contribution in [0.2, 0.25) is 15.3 Å². The standard InChI is InChI=1S/C27H30BrN5O3.C27H27BrN4O4.C22H20Cl2N4O2.C19H17ClN4O2/c1-4-26(35)32-15-22(16-32)30-25(34)17-33-23-10-9-21(28)11-20(23)12-24(33)27(36)29-13-18-7-5-6-8-19(18)14-31(2)3;1-3-26(34)32-13-19(14-32)29-25(33)16-31-15-22(21-11-18(28)7-8-23(21)31)27(35)30-10-9-20-17(12-30)5-4-6-24(20)36-2;1-3-19(30)27-10-14(11-27)8-16(29)12-28-13(2)20(21-22(24)26-7-6-25-21)17-9-15(23)4-5-18(17)28;1-2-18(26)23-9-12(10-23)21-17(25)11-24-15-6-4-3-5-13(15)14-7-8-16(20)22-19(14)24/h4-12,22H,1,13-17H2,2-3H3,(H,29,36)(H,30,34);3-8,11,15,19H,1,9-10,12-14,16H2,2H3,(H,29,33);3-7,9,14H,1,8,10-12H2,2H3;2-8,12H,1,9-11H2,(H,21,25). The van der Waals surface area contributed by atoms with Crippen molar-refractivity contribution in [1.29, 1.82) is 0 Å². The predicted molar refractivity (Wildman–Crippen MR) is 502 cm³/mol. The molecule has 28 nitrogen and oxygen atoms in total. The number of Topliss-reactive ketones (excluding diaryl/α,β-unsaturated/α-hetero) is 1. The highest BCUT2D eigenvalue weighted by Gasteiger charge is 2.36. The number of halogens is 5. The lowest BCUT2D eigenvalue weighted by molar-refractivity contribution is -0.134. The zero-order valence-electron chi connectivity index (χ0n) is 70.9. The van der Waals surface area contributed by atoms with Crippen LogP contribution in [0, 0.1) is 12.8 Å². The fourth-order valence-corrected chi connectivity index (χ4v) is 18.0. The van der Waals surface area contributed by atoms with Crippen LogP contribution < -0.4 is 26.0 Å². The smallest absolute Gasteiger partial charge is 0.268 e. The van der Waals surface area contributed by atoms with Gasteiger partial charge in [-0.2, -0.15) is 0 Å². The molecule has 0 saturated carbocycles. The van der Waals surface area contributed by atoms with E-state index in [9.17, 15) is 47.9 Å². The first-order valence-corrected chi connectivity index (χ1v) is 44.1. The van der Waals surface area contributed by atoms with Gasteiger partial charge in [0, 0.05) is 184 Å². The molecule has 9 amide bonds. The molecule has 6 aromatic carbocycles. The van der Waals surface area contributed by atoms with Gasteiger partial charge in [0.15, 0.2) is 10.9 Å². The summed E-state index contributed by atoms with van der Waals surface area (Å²) in [7, 11) is 5.68. The van der Waals surface area contributed by atoms with Crippen LogP contribution in [-0.4, -0.2) is 220 Å². The Morgan fingerprint density at radius 3 is 1.75 bits per heavy atom. The van der Waals surface area contributed by atoms with Crippen LogP contribution in [0.1, 0.15) is 55.2 Å². The Morgan fingerprint density at radius 2 is 1.12 bits per heavy atom. The Bertz CT molecular complexity index is 6410. The van der Waals surface area contributed by atoms with E-state index in [-0.39, 0.29) is 109 Å². The van der Waals surface area contributed by atoms with Gasteiger partial charge in [-0.1, -0.05) is 148 Å². The van der Waals surface area contributed by atoms with Crippen LogP contribution in [0.4, 0.5) is 0 Å². The average Bonchev–Trinajstić information content (AvgIpc) is 1.62. The summed E-state index contributed by atoms with van der Waals surface area (Å²) in [5.41, 5.74) is 11.8. The number of aromatic nitrogens is 7. The number of ketones is 1. The summed E-state index contributed by atoms with van der Waals surface area (Å²) in [5, 5.41) is 17.7. The van der Waals surface area contributed by atoms with Crippen molar-refractivity contribution in [2.75, 3.05) is 80.1 Å². The van der Waals surface area contributed by atoms with E-state index in [0.717, 1.165) is 110 Å². The number of benzene rings is 6. The summed E-state index contributed by atoms with van der Waals surface area (Å²) in [6, 6.07) is 44.1. The number of hydrogen-bond donors (Lipinski definition) is 4. The second kappa shape index (κ2) is 40.6. The molecule has 6 aromatic heterocycles. The molecule has 4 fully saturated rings. The molecule has 12 aromatic rings. The molecule has 0 radical (unpaired) electrons. The molecule has 0 bridgehead atoms. The van der Waals surface area contributed by atoms with E-state index in [4.69, 9.17) is 39.5 Å². The van der Waals surface area contributed by atoms with Crippen molar-refractivity contribution in [3.63, 3.8) is 0 Å². The molecule has 5 aliphatic rings. The van der Waals surface area contributed by atoms with Crippen LogP contribution in [0.25, 0.3) is 65.9 Å². The molecule has 128 heavy (non-hydrogen) atoms. The fraction of sp³-hybridized carbons (Fsp3) is 0.274. The second-order valence-electron chi connectivity index (χ2n) is 32.1. The van der Waals surface area contributed by atoms with Crippen LogP contribution in [-0.2, 0) is 90.6 Å². The van der Waals surface area contributed by atoms with Crippen LogP contribution >= 0.6 is 66.7 Å². The van der Waals surface area contributed by atoms with Gasteiger partial charge in [0.1, 0.15) is 47.6 Å². The third-order valence-corrected chi connectivity index (χ3v) is 24.8. The Kier molecular flexibility index (Phi) is 29.1. The van der Waals surface area contributed by atoms with Crippen LogP contribution in [0.15, 0.2) is 218 Å². The summed E-state index contributed by atoms with van der Waals surface area (Å²) in [4.78, 5) is 148. The minimum absolute atomic E-state index is 0.00297. The van der Waals surface area contributed by atoms with E-state index in [1.165, 1.54) is 30.5 Å². The molecule has 660 valence electrons. The maximum Gasteiger partial charge on any atom is 0.268 e. The van der Waals surface area contributed by atoms with Gasteiger partial charge < -0.3 is 73.7 Å². The van der Waals surface area contributed by atoms with Gasteiger partial charge in [0.25, 0.3) is 11.8 Å². The SMILES string of the molecule is C=CC(=O)N1CC(CC(=O)Cn2c(C)c(-c3nccnc3Cl)c3cc(Cl)ccc32)C1.C=CC(=O)N1CC(NC(=O)Cn2c(C(=O)NCc3ccccc3CN(C)C)cc3cc(Br)ccc32)C1.C=CC(=O)N1CC(NC(=O)Cn2c3ccccc3c3ccc(Cl)nc32)C1.C=CC(=O)N1CC(NC(=O)Cn2cc(C(=O)N3CCc4c(cccc4OC)C3)c3cc(Br)ccc32)C1. The Morgan fingerprint density at radius 1 is 0.555 bits per heavy atom. The number of carbonyl (C=O) groups excluding carboxylic acids is 10. The number of carbonyl (C=O) groups is 10. The number of nitrogens with zero attached hydrogens (tertiary/aromatic N) is 13. The molecule has 11 heterocycles. The lowest BCUT2D eigenvalue weighted by atomic mass is 9.94. The third-order valence-electron chi connectivity index (χ3n) is 23.1. The number of rotatable bonds is 25. The Hall–Kier alpha value is -12.6. The lowest BCUT2D eigenvalue weighted by Crippen LogP contribution is -2.61. The maximum absolute atomic E-state index is 13.7. The van der Waals surface area contributed by atoms with E-state index in [1.807, 2.05) is 161 Å². The number of amides is 9. The van der Waals surface area contributed by atoms with Crippen molar-refractivity contribution < 1.29 is 52.7 Å². The largest absolute Gasteiger partial charge is 0.496 e. The van der Waals surface area contributed by atoms with Gasteiger partial charge in [-0.15, -0.1) is 0 Å². The normalized spacial score (nSPS) is 14.3. The number of hydrogen-bond acceptors (Lipinski definition) is 15. The number of methoxy groups -OCH3 is 1. The minimum Gasteiger partial charge on any atom is -0.496 e. The second-order valence-corrected chi connectivity index (χ2v) is 35.1. The monoisotopic (exact) mass is 1910 g/mol. The molecule has 0 atom stereocenters. The zero-order chi connectivity index (χ0) is 90.9. The van der Waals surface area contributed by atoms with E-state index in [0.29, 0.717) is 116 Å². The molecule has 17 rings (SSSR count). The predicted octanol–water partition coefficient (Wildman–Crippen LogP) is 12.7. The van der Waals surface area contributed by atoms with E-state index in [2.05, 4.69) is 105 Å². The number of pyridine rings is 1. The zero-order valence-corrected chi connectivity index (χ0v) is 76.3. The first-order chi connectivity index (χ1) is 61.6. The van der Waals surface area contributed by atoms with Gasteiger partial charge in [-0.3, -0.25) is 52.9 Å². The molecule has 5 aliphatic heterocycles. The topological polar surface area (TPSA) is 306 Å². The first-order valence-electron chi connectivity index (χ1n) is 41.4. The summed E-state index contributed by atoms with van der Waals surface area (Å²) in [6.07, 6.45) is 11.2. The summed E-state index contributed by atoms with van der Waals surface area (Å²) in [5.74, 6) is -0.142. The summed E-state index contributed by atoms with van der Waals surface area (Å²) < 4.78 is 14.6. The molecule has 0 aliphatic carbocycles.